The average molecular weight is 370 g/mol. The van der Waals surface area contributed by atoms with Gasteiger partial charge in [-0.3, -0.25) is 9.59 Å². The predicted molar refractivity (Wildman–Crippen MR) is 105 cm³/mol. The van der Waals surface area contributed by atoms with Crippen molar-refractivity contribution < 1.29 is 19.1 Å². The van der Waals surface area contributed by atoms with Crippen molar-refractivity contribution in [1.29, 1.82) is 0 Å². The molecule has 6 heteroatoms. The Labute approximate surface area is 159 Å². The van der Waals surface area contributed by atoms with E-state index in [1.807, 2.05) is 38.1 Å². The van der Waals surface area contributed by atoms with Crippen molar-refractivity contribution in [3.05, 3.63) is 54.1 Å². The highest BCUT2D eigenvalue weighted by atomic mass is 16.5. The van der Waals surface area contributed by atoms with Crippen molar-refractivity contribution in [3.63, 3.8) is 0 Å². The largest absolute Gasteiger partial charge is 0.491 e. The van der Waals surface area contributed by atoms with E-state index in [9.17, 15) is 9.59 Å². The summed E-state index contributed by atoms with van der Waals surface area (Å²) >= 11 is 0. The lowest BCUT2D eigenvalue weighted by atomic mass is 10.2. The molecule has 0 aromatic heterocycles. The van der Waals surface area contributed by atoms with Crippen LogP contribution in [-0.4, -0.2) is 31.1 Å². The number of hydrogen-bond acceptors (Lipinski definition) is 4. The number of benzene rings is 2. The van der Waals surface area contributed by atoms with Gasteiger partial charge in [0.25, 0.3) is 5.91 Å². The van der Waals surface area contributed by atoms with Crippen molar-refractivity contribution in [1.82, 2.24) is 5.32 Å². The molecule has 2 amide bonds. The van der Waals surface area contributed by atoms with Crippen LogP contribution in [0.15, 0.2) is 48.5 Å². The minimum atomic E-state index is -0.223. The number of para-hydroxylation sites is 1. The van der Waals surface area contributed by atoms with Gasteiger partial charge in [-0.25, -0.2) is 0 Å². The maximum absolute atomic E-state index is 12.0. The van der Waals surface area contributed by atoms with Crippen LogP contribution in [-0.2, 0) is 9.59 Å². The molecule has 0 heterocycles. The Bertz CT molecular complexity index is 759. The van der Waals surface area contributed by atoms with E-state index < -0.39 is 0 Å². The van der Waals surface area contributed by atoms with Crippen LogP contribution < -0.4 is 20.1 Å². The van der Waals surface area contributed by atoms with Gasteiger partial charge in [0.2, 0.25) is 5.91 Å². The van der Waals surface area contributed by atoms with Gasteiger partial charge in [0.05, 0.1) is 6.04 Å². The van der Waals surface area contributed by atoms with E-state index in [1.54, 1.807) is 31.2 Å². The molecule has 0 spiro atoms. The second-order valence-corrected chi connectivity index (χ2v) is 6.26. The van der Waals surface area contributed by atoms with E-state index in [-0.39, 0.29) is 24.5 Å². The third-order valence-corrected chi connectivity index (χ3v) is 3.82. The van der Waals surface area contributed by atoms with E-state index in [1.165, 1.54) is 0 Å². The van der Waals surface area contributed by atoms with Gasteiger partial charge in [0.15, 0.2) is 6.61 Å². The fraction of sp³-hybridized carbons (Fsp3) is 0.333. The van der Waals surface area contributed by atoms with Gasteiger partial charge in [0, 0.05) is 12.1 Å². The van der Waals surface area contributed by atoms with Gasteiger partial charge < -0.3 is 20.1 Å². The number of hydrogen-bond donors (Lipinski definition) is 2. The standard InChI is InChI=1S/C21H26N2O4/c1-4-20(24)23-17-9-11-18(12-10-17)26-14-21(25)22-16(3)13-27-19-8-6-5-7-15(19)2/h5-12,16H,4,13-14H2,1-3H3,(H,22,25)(H,23,24)/t16-/m1/s1. The number of anilines is 1. The van der Waals surface area contributed by atoms with Crippen LogP contribution in [0.2, 0.25) is 0 Å². The number of carbonyl (C=O) groups excluding carboxylic acids is 2. The summed E-state index contributed by atoms with van der Waals surface area (Å²) in [7, 11) is 0. The lowest BCUT2D eigenvalue weighted by Crippen LogP contribution is -2.39. The number of rotatable bonds is 9. The Morgan fingerprint density at radius 1 is 1.00 bits per heavy atom. The third kappa shape index (κ3) is 7.01. The van der Waals surface area contributed by atoms with E-state index in [2.05, 4.69) is 10.6 Å². The number of ether oxygens (including phenoxy) is 2. The van der Waals surface area contributed by atoms with E-state index >= 15 is 0 Å². The van der Waals surface area contributed by atoms with E-state index in [0.717, 1.165) is 11.3 Å². The summed E-state index contributed by atoms with van der Waals surface area (Å²) in [6.45, 7) is 5.93. The highest BCUT2D eigenvalue weighted by Gasteiger charge is 2.10. The SMILES string of the molecule is CCC(=O)Nc1ccc(OCC(=O)N[C@H](C)COc2ccccc2C)cc1. The predicted octanol–water partition coefficient (Wildman–Crippen LogP) is 3.31. The van der Waals surface area contributed by atoms with Crippen LogP contribution in [0, 0.1) is 6.92 Å². The molecule has 6 nitrogen and oxygen atoms in total. The van der Waals surface area contributed by atoms with Crippen molar-refractivity contribution in [2.24, 2.45) is 0 Å². The van der Waals surface area contributed by atoms with Gasteiger partial charge in [-0.15, -0.1) is 0 Å². The van der Waals surface area contributed by atoms with E-state index in [4.69, 9.17) is 9.47 Å². The van der Waals surface area contributed by atoms with Gasteiger partial charge in [-0.05, 0) is 49.7 Å². The molecule has 0 aliphatic carbocycles. The maximum atomic E-state index is 12.0. The second-order valence-electron chi connectivity index (χ2n) is 6.26. The Balaban J connectivity index is 1.72. The molecule has 2 N–H and O–H groups in total. The number of nitrogens with one attached hydrogen (secondary N) is 2. The summed E-state index contributed by atoms with van der Waals surface area (Å²) in [5, 5.41) is 5.59. The molecule has 2 rings (SSSR count). The van der Waals surface area contributed by atoms with Gasteiger partial charge >= 0.3 is 0 Å². The smallest absolute Gasteiger partial charge is 0.258 e. The molecule has 1 atom stereocenters. The van der Waals surface area contributed by atoms with Gasteiger partial charge in [0.1, 0.15) is 18.1 Å². The van der Waals surface area contributed by atoms with Gasteiger partial charge in [-0.1, -0.05) is 25.1 Å². The highest BCUT2D eigenvalue weighted by Crippen LogP contribution is 2.17. The number of amides is 2. The summed E-state index contributed by atoms with van der Waals surface area (Å²) in [6.07, 6.45) is 0.421. The zero-order valence-corrected chi connectivity index (χ0v) is 16.0. The Kier molecular flexibility index (Phi) is 7.67. The summed E-state index contributed by atoms with van der Waals surface area (Å²) in [4.78, 5) is 23.3. The molecule has 2 aromatic rings. The van der Waals surface area contributed by atoms with Crippen molar-refractivity contribution in [2.75, 3.05) is 18.5 Å². The highest BCUT2D eigenvalue weighted by molar-refractivity contribution is 5.90. The van der Waals surface area contributed by atoms with Gasteiger partial charge in [-0.2, -0.15) is 0 Å². The normalized spacial score (nSPS) is 11.4. The maximum Gasteiger partial charge on any atom is 0.258 e. The second kappa shape index (κ2) is 10.2. The summed E-state index contributed by atoms with van der Waals surface area (Å²) in [6, 6.07) is 14.5. The summed E-state index contributed by atoms with van der Waals surface area (Å²) in [5.74, 6) is 1.10. The molecule has 27 heavy (non-hydrogen) atoms. The van der Waals surface area contributed by atoms with Crippen LogP contribution in [0.5, 0.6) is 11.5 Å². The summed E-state index contributed by atoms with van der Waals surface area (Å²) in [5.41, 5.74) is 1.75. The molecule has 144 valence electrons. The first-order chi connectivity index (χ1) is 13.0. The van der Waals surface area contributed by atoms with Crippen LogP contribution in [0.3, 0.4) is 0 Å². The Morgan fingerprint density at radius 2 is 1.70 bits per heavy atom. The van der Waals surface area contributed by atoms with Crippen LogP contribution in [0.1, 0.15) is 25.8 Å². The van der Waals surface area contributed by atoms with Crippen molar-refractivity contribution in [3.8, 4) is 11.5 Å². The molecule has 0 unspecified atom stereocenters. The fourth-order valence-electron chi connectivity index (χ4n) is 2.32. The topological polar surface area (TPSA) is 76.7 Å². The molecular formula is C21H26N2O4. The summed E-state index contributed by atoms with van der Waals surface area (Å²) < 4.78 is 11.2. The molecule has 0 radical (unpaired) electrons. The molecule has 0 aliphatic rings. The lowest BCUT2D eigenvalue weighted by molar-refractivity contribution is -0.124. The van der Waals surface area contributed by atoms with Crippen molar-refractivity contribution >= 4 is 17.5 Å². The first-order valence-corrected chi connectivity index (χ1v) is 8.98. The molecule has 0 aliphatic heterocycles. The van der Waals surface area contributed by atoms with Crippen LogP contribution >= 0.6 is 0 Å². The third-order valence-electron chi connectivity index (χ3n) is 3.82. The van der Waals surface area contributed by atoms with Crippen LogP contribution in [0.4, 0.5) is 5.69 Å². The van der Waals surface area contributed by atoms with Crippen LogP contribution in [0.25, 0.3) is 0 Å². The minimum absolute atomic E-state index is 0.0510. The first-order valence-electron chi connectivity index (χ1n) is 8.98. The monoisotopic (exact) mass is 370 g/mol. The quantitative estimate of drug-likeness (QED) is 0.710. The molecule has 0 fully saturated rings. The molecule has 0 saturated carbocycles. The fourth-order valence-corrected chi connectivity index (χ4v) is 2.32. The molecule has 0 saturated heterocycles. The lowest BCUT2D eigenvalue weighted by Gasteiger charge is -2.16. The van der Waals surface area contributed by atoms with E-state index in [0.29, 0.717) is 24.5 Å². The molecule has 2 aromatic carbocycles. The Morgan fingerprint density at radius 3 is 2.37 bits per heavy atom. The minimum Gasteiger partial charge on any atom is -0.491 e. The zero-order valence-electron chi connectivity index (χ0n) is 16.0. The van der Waals surface area contributed by atoms with Crippen molar-refractivity contribution in [2.45, 2.75) is 33.2 Å². The molecule has 0 bridgehead atoms. The first kappa shape index (κ1) is 20.3. The zero-order chi connectivity index (χ0) is 19.6. The molecular weight excluding hydrogens is 344 g/mol. The Hall–Kier alpha value is -3.02. The average Bonchev–Trinajstić information content (AvgIpc) is 2.66. The number of aryl methyl sites for hydroxylation is 1. The number of carbonyl (C=O) groups is 2.